The van der Waals surface area contributed by atoms with E-state index in [1.54, 1.807) is 13.0 Å². The lowest BCUT2D eigenvalue weighted by atomic mass is 10.0. The van der Waals surface area contributed by atoms with Gasteiger partial charge < -0.3 is 14.9 Å². The zero-order chi connectivity index (χ0) is 14.6. The van der Waals surface area contributed by atoms with Gasteiger partial charge in [0, 0.05) is 0 Å². The second kappa shape index (κ2) is 6.38. The molecule has 6 heteroatoms. The van der Waals surface area contributed by atoms with E-state index >= 15 is 0 Å². The number of primary amides is 1. The van der Waals surface area contributed by atoms with E-state index < -0.39 is 17.9 Å². The van der Waals surface area contributed by atoms with Gasteiger partial charge in [0.15, 0.2) is 0 Å². The maximum absolute atomic E-state index is 11.4. The Kier molecular flexibility index (Phi) is 5.11. The molecule has 0 aliphatic carbocycles. The van der Waals surface area contributed by atoms with E-state index in [9.17, 15) is 9.59 Å². The lowest BCUT2D eigenvalue weighted by molar-refractivity contribution is -0.121. The van der Waals surface area contributed by atoms with Gasteiger partial charge in [-0.2, -0.15) is 0 Å². The average Bonchev–Trinajstić information content (AvgIpc) is 2.69. The SMILES string of the molecule is COC(=O)c1cc(CNC(C(N)=O)C(C)C)oc1C. The minimum absolute atomic E-state index is 0.0774. The molecule has 3 N–H and O–H groups in total. The first-order valence-electron chi connectivity index (χ1n) is 6.07. The summed E-state index contributed by atoms with van der Waals surface area (Å²) in [6.07, 6.45) is 0. The number of aryl methyl sites for hydroxylation is 1. The van der Waals surface area contributed by atoms with Crippen molar-refractivity contribution in [3.05, 3.63) is 23.2 Å². The molecule has 0 saturated carbocycles. The van der Waals surface area contributed by atoms with Crippen LogP contribution in [0.3, 0.4) is 0 Å². The number of hydrogen-bond acceptors (Lipinski definition) is 5. The van der Waals surface area contributed by atoms with Crippen LogP contribution in [-0.2, 0) is 16.1 Å². The molecule has 1 amide bonds. The molecule has 1 aromatic heterocycles. The highest BCUT2D eigenvalue weighted by Gasteiger charge is 2.20. The molecule has 0 aliphatic heterocycles. The van der Waals surface area contributed by atoms with Crippen LogP contribution in [0.2, 0.25) is 0 Å². The fourth-order valence-electron chi connectivity index (χ4n) is 1.82. The third kappa shape index (κ3) is 3.82. The van der Waals surface area contributed by atoms with Crippen LogP contribution in [0.15, 0.2) is 10.5 Å². The summed E-state index contributed by atoms with van der Waals surface area (Å²) in [5, 5.41) is 3.01. The lowest BCUT2D eigenvalue weighted by Crippen LogP contribution is -2.44. The van der Waals surface area contributed by atoms with Gasteiger partial charge in [-0.3, -0.25) is 10.1 Å². The molecule has 1 rings (SSSR count). The second-order valence-electron chi connectivity index (χ2n) is 4.68. The highest BCUT2D eigenvalue weighted by molar-refractivity contribution is 5.90. The lowest BCUT2D eigenvalue weighted by Gasteiger charge is -2.17. The summed E-state index contributed by atoms with van der Waals surface area (Å²) in [5.74, 6) is 0.275. The van der Waals surface area contributed by atoms with Crippen LogP contribution in [-0.4, -0.2) is 25.0 Å². The van der Waals surface area contributed by atoms with Gasteiger partial charge in [-0.05, 0) is 18.9 Å². The predicted octanol–water partition coefficient (Wildman–Crippen LogP) is 0.974. The second-order valence-corrected chi connectivity index (χ2v) is 4.68. The Bertz CT molecular complexity index is 465. The van der Waals surface area contributed by atoms with Crippen molar-refractivity contribution in [2.24, 2.45) is 11.7 Å². The molecule has 0 aliphatic rings. The minimum Gasteiger partial charge on any atom is -0.465 e. The van der Waals surface area contributed by atoms with Gasteiger partial charge in [0.25, 0.3) is 0 Å². The zero-order valence-corrected chi connectivity index (χ0v) is 11.6. The Morgan fingerprint density at radius 2 is 2.11 bits per heavy atom. The summed E-state index contributed by atoms with van der Waals surface area (Å²) in [5.41, 5.74) is 5.69. The molecular formula is C13H20N2O4. The van der Waals surface area contributed by atoms with Crippen molar-refractivity contribution in [1.29, 1.82) is 0 Å². The summed E-state index contributed by atoms with van der Waals surface area (Å²) in [6, 6.07) is 1.17. The topological polar surface area (TPSA) is 94.6 Å². The maximum Gasteiger partial charge on any atom is 0.341 e. The molecule has 0 radical (unpaired) electrons. The van der Waals surface area contributed by atoms with Gasteiger partial charge in [0.2, 0.25) is 5.91 Å². The van der Waals surface area contributed by atoms with Crippen LogP contribution in [0.1, 0.15) is 35.7 Å². The van der Waals surface area contributed by atoms with Crippen molar-refractivity contribution in [2.75, 3.05) is 7.11 Å². The van der Waals surface area contributed by atoms with Crippen LogP contribution in [0, 0.1) is 12.8 Å². The largest absolute Gasteiger partial charge is 0.465 e. The molecule has 1 aromatic rings. The zero-order valence-electron chi connectivity index (χ0n) is 11.6. The normalized spacial score (nSPS) is 12.5. The maximum atomic E-state index is 11.4. The highest BCUT2D eigenvalue weighted by Crippen LogP contribution is 2.16. The smallest absolute Gasteiger partial charge is 0.341 e. The predicted molar refractivity (Wildman–Crippen MR) is 69.4 cm³/mol. The quantitative estimate of drug-likeness (QED) is 0.750. The van der Waals surface area contributed by atoms with E-state index in [1.165, 1.54) is 7.11 Å². The first-order valence-corrected chi connectivity index (χ1v) is 6.07. The molecule has 19 heavy (non-hydrogen) atoms. The van der Waals surface area contributed by atoms with Crippen LogP contribution >= 0.6 is 0 Å². The number of furan rings is 1. The molecule has 106 valence electrons. The Labute approximate surface area is 112 Å². The van der Waals surface area contributed by atoms with Crippen LogP contribution in [0.25, 0.3) is 0 Å². The number of nitrogens with two attached hydrogens (primary N) is 1. The van der Waals surface area contributed by atoms with Crippen LogP contribution in [0.5, 0.6) is 0 Å². The van der Waals surface area contributed by atoms with E-state index in [2.05, 4.69) is 10.1 Å². The van der Waals surface area contributed by atoms with Crippen molar-refractivity contribution < 1.29 is 18.7 Å². The minimum atomic E-state index is -0.442. The van der Waals surface area contributed by atoms with Crippen molar-refractivity contribution in [2.45, 2.75) is 33.4 Å². The molecule has 1 heterocycles. The number of nitrogens with one attached hydrogen (secondary N) is 1. The van der Waals surface area contributed by atoms with Gasteiger partial charge in [0.05, 0.1) is 19.7 Å². The summed E-state index contributed by atoms with van der Waals surface area (Å²) < 4.78 is 10.1. The number of methoxy groups -OCH3 is 1. The molecule has 1 atom stereocenters. The number of amides is 1. The molecule has 0 saturated heterocycles. The molecule has 0 bridgehead atoms. The van der Waals surface area contributed by atoms with Crippen molar-refractivity contribution in [1.82, 2.24) is 5.32 Å². The van der Waals surface area contributed by atoms with E-state index in [0.29, 0.717) is 23.6 Å². The first kappa shape index (κ1) is 15.2. The number of carbonyl (C=O) groups excluding carboxylic acids is 2. The standard InChI is InChI=1S/C13H20N2O4/c1-7(2)11(12(14)16)15-6-9-5-10(8(3)19-9)13(17)18-4/h5,7,11,15H,6H2,1-4H3,(H2,14,16). The number of rotatable bonds is 6. The molecule has 0 spiro atoms. The Hall–Kier alpha value is -1.82. The molecule has 6 nitrogen and oxygen atoms in total. The van der Waals surface area contributed by atoms with Crippen molar-refractivity contribution in [3.63, 3.8) is 0 Å². The Morgan fingerprint density at radius 1 is 1.47 bits per heavy atom. The van der Waals surface area contributed by atoms with Crippen molar-refractivity contribution in [3.8, 4) is 0 Å². The fourth-order valence-corrected chi connectivity index (χ4v) is 1.82. The number of esters is 1. The number of ether oxygens (including phenoxy) is 1. The summed E-state index contributed by atoms with van der Waals surface area (Å²) in [7, 11) is 1.31. The van der Waals surface area contributed by atoms with Gasteiger partial charge in [-0.25, -0.2) is 4.79 Å². The van der Waals surface area contributed by atoms with E-state index in [0.717, 1.165) is 0 Å². The third-order valence-corrected chi connectivity index (χ3v) is 2.84. The first-order chi connectivity index (χ1) is 8.86. The number of hydrogen-bond donors (Lipinski definition) is 2. The van der Waals surface area contributed by atoms with E-state index in [1.807, 2.05) is 13.8 Å². The van der Waals surface area contributed by atoms with Crippen LogP contribution in [0.4, 0.5) is 0 Å². The van der Waals surface area contributed by atoms with Gasteiger partial charge >= 0.3 is 5.97 Å². The fraction of sp³-hybridized carbons (Fsp3) is 0.538. The number of carbonyl (C=O) groups is 2. The molecule has 1 unspecified atom stereocenters. The Morgan fingerprint density at radius 3 is 2.58 bits per heavy atom. The molecular weight excluding hydrogens is 248 g/mol. The summed E-state index contributed by atoms with van der Waals surface area (Å²) in [6.45, 7) is 5.80. The summed E-state index contributed by atoms with van der Waals surface area (Å²) in [4.78, 5) is 22.7. The van der Waals surface area contributed by atoms with E-state index in [-0.39, 0.29) is 5.92 Å². The van der Waals surface area contributed by atoms with Crippen LogP contribution < -0.4 is 11.1 Å². The van der Waals surface area contributed by atoms with Gasteiger partial charge in [0.1, 0.15) is 17.1 Å². The molecule has 0 fully saturated rings. The third-order valence-electron chi connectivity index (χ3n) is 2.84. The van der Waals surface area contributed by atoms with E-state index in [4.69, 9.17) is 10.2 Å². The summed E-state index contributed by atoms with van der Waals surface area (Å²) >= 11 is 0. The molecule has 0 aromatic carbocycles. The Balaban J connectivity index is 2.73. The average molecular weight is 268 g/mol. The van der Waals surface area contributed by atoms with Crippen molar-refractivity contribution >= 4 is 11.9 Å². The highest BCUT2D eigenvalue weighted by atomic mass is 16.5. The van der Waals surface area contributed by atoms with Gasteiger partial charge in [-0.15, -0.1) is 0 Å². The van der Waals surface area contributed by atoms with Gasteiger partial charge in [-0.1, -0.05) is 13.8 Å². The monoisotopic (exact) mass is 268 g/mol.